The molecule has 0 fully saturated rings. The largest absolute Gasteiger partial charge is 0.364 e. The zero-order chi connectivity index (χ0) is 19.3. The molecule has 138 valence electrons. The molecule has 13 heteroatoms. The molecule has 0 amide bonds. The van der Waals surface area contributed by atoms with Crippen LogP contribution >= 0.6 is 0 Å². The first-order valence-corrected chi connectivity index (χ1v) is 8.86. The van der Waals surface area contributed by atoms with Crippen molar-refractivity contribution < 1.29 is 22.6 Å². The quantitative estimate of drug-likeness (QED) is 0.249. The van der Waals surface area contributed by atoms with Crippen molar-refractivity contribution in [3.8, 4) is 0 Å². The Morgan fingerprint density at radius 1 is 1.42 bits per heavy atom. The number of aromatic nitrogens is 2. The fraction of sp³-hybridized carbons (Fsp3) is 0.308. The van der Waals surface area contributed by atoms with Crippen molar-refractivity contribution in [2.24, 2.45) is 4.99 Å². The number of aliphatic imine (C=N–C) groups is 1. The van der Waals surface area contributed by atoms with Crippen molar-refractivity contribution in [1.82, 2.24) is 20.1 Å². The average molecular weight is 382 g/mol. The maximum Gasteiger partial charge on any atom is 0.215 e. The van der Waals surface area contributed by atoms with Crippen LogP contribution in [-0.2, 0) is 10.0 Å². The lowest BCUT2D eigenvalue weighted by molar-refractivity contribution is 0.234. The van der Waals surface area contributed by atoms with E-state index in [-0.39, 0.29) is 40.8 Å². The summed E-state index contributed by atoms with van der Waals surface area (Å²) in [5, 5.41) is 19.3. The first kappa shape index (κ1) is 19.8. The Morgan fingerprint density at radius 3 is 2.77 bits per heavy atom. The molecule has 26 heavy (non-hydrogen) atoms. The zero-order valence-electron chi connectivity index (χ0n) is 14.0. The van der Waals surface area contributed by atoms with Crippen LogP contribution in [0.25, 0.3) is 0 Å². The molecule has 0 spiro atoms. The lowest BCUT2D eigenvalue weighted by atomic mass is 9.95. The molecule has 2 aromatic rings. The number of sulfonamides is 1. The zero-order valence-corrected chi connectivity index (χ0v) is 14.8. The Morgan fingerprint density at radius 2 is 2.15 bits per heavy atom. The molecule has 2 rings (SSSR count). The van der Waals surface area contributed by atoms with Crippen LogP contribution in [0.15, 0.2) is 27.8 Å². The van der Waals surface area contributed by atoms with E-state index in [4.69, 9.17) is 7.85 Å². The minimum Gasteiger partial charge on any atom is -0.364 e. The van der Waals surface area contributed by atoms with Crippen LogP contribution in [0.4, 0.5) is 15.9 Å². The van der Waals surface area contributed by atoms with E-state index >= 15 is 0 Å². The van der Waals surface area contributed by atoms with Gasteiger partial charge in [-0.05, 0) is 28.5 Å². The van der Waals surface area contributed by atoms with Crippen LogP contribution < -0.4 is 16.3 Å². The normalized spacial score (nSPS) is 12.4. The number of benzene rings is 1. The lowest BCUT2D eigenvalue weighted by Crippen LogP contribution is -2.29. The van der Waals surface area contributed by atoms with Crippen LogP contribution in [0.1, 0.15) is 5.69 Å². The van der Waals surface area contributed by atoms with Gasteiger partial charge in [0.25, 0.3) is 0 Å². The second-order valence-corrected chi connectivity index (χ2v) is 7.57. The monoisotopic (exact) mass is 382 g/mol. The van der Waals surface area contributed by atoms with E-state index in [1.807, 2.05) is 5.48 Å². The van der Waals surface area contributed by atoms with Gasteiger partial charge in [0, 0.05) is 20.6 Å². The van der Waals surface area contributed by atoms with Crippen molar-refractivity contribution in [2.75, 3.05) is 31.7 Å². The van der Waals surface area contributed by atoms with Gasteiger partial charge >= 0.3 is 0 Å². The third-order valence-electron chi connectivity index (χ3n) is 3.25. The van der Waals surface area contributed by atoms with E-state index in [0.717, 1.165) is 10.4 Å². The van der Waals surface area contributed by atoms with Crippen molar-refractivity contribution in [3.63, 3.8) is 0 Å². The molecule has 1 aromatic carbocycles. The van der Waals surface area contributed by atoms with Crippen molar-refractivity contribution in [2.45, 2.75) is 0 Å². The predicted molar refractivity (Wildman–Crippen MR) is 93.2 cm³/mol. The molecule has 0 atom stereocenters. The highest BCUT2D eigenvalue weighted by molar-refractivity contribution is 7.89. The van der Waals surface area contributed by atoms with Gasteiger partial charge in [-0.3, -0.25) is 10.7 Å². The van der Waals surface area contributed by atoms with Gasteiger partial charge in [-0.25, -0.2) is 26.7 Å². The molecule has 0 saturated heterocycles. The van der Waals surface area contributed by atoms with Crippen LogP contribution in [0.3, 0.4) is 0 Å². The van der Waals surface area contributed by atoms with Crippen LogP contribution in [0.2, 0.25) is 0 Å². The Kier molecular flexibility index (Phi) is 6.29. The first-order valence-electron chi connectivity index (χ1n) is 7.25. The molecule has 3 N–H and O–H groups in total. The van der Waals surface area contributed by atoms with Gasteiger partial charge in [0.15, 0.2) is 11.5 Å². The Labute approximate surface area is 150 Å². The second-order valence-electron chi connectivity index (χ2n) is 5.26. The smallest absolute Gasteiger partial charge is 0.215 e. The third-order valence-corrected chi connectivity index (χ3v) is 5.08. The highest BCUT2D eigenvalue weighted by Crippen LogP contribution is 2.15. The molecule has 1 heterocycles. The molecule has 1 aromatic heterocycles. The number of hydrogen-bond donors (Lipinski definition) is 3. The van der Waals surface area contributed by atoms with Crippen molar-refractivity contribution in [1.29, 1.82) is 0 Å². The van der Waals surface area contributed by atoms with Gasteiger partial charge in [-0.15, -0.1) is 0 Å². The number of halogens is 1. The first-order chi connectivity index (χ1) is 12.2. The molecule has 0 saturated carbocycles. The highest BCUT2D eigenvalue weighted by atomic mass is 32.2. The Hall–Kier alpha value is -2.51. The van der Waals surface area contributed by atoms with Crippen LogP contribution in [0, 0.1) is 5.82 Å². The molecule has 2 radical (unpaired) electrons. The highest BCUT2D eigenvalue weighted by Gasteiger charge is 2.18. The minimum atomic E-state index is -3.40. The summed E-state index contributed by atoms with van der Waals surface area (Å²) in [4.78, 5) is 4.05. The van der Waals surface area contributed by atoms with Gasteiger partial charge in [0.1, 0.15) is 13.7 Å². The number of nitrogens with one attached hydrogen (secondary N) is 2. The van der Waals surface area contributed by atoms with Crippen molar-refractivity contribution in [3.05, 3.63) is 29.7 Å². The van der Waals surface area contributed by atoms with Gasteiger partial charge in [0.2, 0.25) is 15.8 Å². The van der Waals surface area contributed by atoms with E-state index < -0.39 is 15.8 Å². The SMILES string of the molecule is [B]c1cc(N=C(NO)c2nonc2NCCS(=O)(=O)N(C)C)ccc1F. The van der Waals surface area contributed by atoms with Gasteiger partial charge < -0.3 is 5.32 Å². The summed E-state index contributed by atoms with van der Waals surface area (Å²) in [5.41, 5.74) is 1.96. The molecule has 0 unspecified atom stereocenters. The molecular formula is C13H16BFN6O4S. The van der Waals surface area contributed by atoms with Crippen LogP contribution in [0.5, 0.6) is 0 Å². The predicted octanol–water partition coefficient (Wildman–Crippen LogP) is -0.637. The summed E-state index contributed by atoms with van der Waals surface area (Å²) in [7, 11) is 4.92. The summed E-state index contributed by atoms with van der Waals surface area (Å²) in [5.74, 6) is -0.889. The number of rotatable bonds is 7. The number of amidine groups is 1. The second kappa shape index (κ2) is 8.25. The maximum atomic E-state index is 13.2. The molecule has 0 aliphatic heterocycles. The number of anilines is 1. The molecule has 10 nitrogen and oxygen atoms in total. The topological polar surface area (TPSA) is 133 Å². The standard InChI is InChI=1S/C13H16BFN6O4S/c1-21(2)26(23,24)6-5-16-12-11(19-25-20-12)13(18-22)17-8-3-4-10(15)9(14)7-8/h3-4,7,22H,5-6H2,1-2H3,(H,16,20)(H,17,18). The third kappa shape index (κ3) is 4.77. The van der Waals surface area contributed by atoms with Gasteiger partial charge in [0.05, 0.1) is 11.4 Å². The average Bonchev–Trinajstić information content (AvgIpc) is 3.04. The summed E-state index contributed by atoms with van der Waals surface area (Å²) in [6.07, 6.45) is 0. The lowest BCUT2D eigenvalue weighted by Gasteiger charge is -2.11. The molecular weight excluding hydrogens is 366 g/mol. The van der Waals surface area contributed by atoms with E-state index in [2.05, 4.69) is 25.3 Å². The van der Waals surface area contributed by atoms with Gasteiger partial charge in [-0.2, -0.15) is 0 Å². The number of hydroxylamine groups is 1. The summed E-state index contributed by atoms with van der Waals surface area (Å²) in [6, 6.07) is 3.72. The molecule has 0 aliphatic carbocycles. The van der Waals surface area contributed by atoms with E-state index in [0.29, 0.717) is 0 Å². The van der Waals surface area contributed by atoms with Crippen molar-refractivity contribution >= 4 is 40.7 Å². The van der Waals surface area contributed by atoms with Gasteiger partial charge in [-0.1, -0.05) is 5.46 Å². The minimum absolute atomic E-state index is 0.00218. The van der Waals surface area contributed by atoms with E-state index in [9.17, 15) is 18.0 Å². The maximum absolute atomic E-state index is 13.2. The van der Waals surface area contributed by atoms with E-state index in [1.54, 1.807) is 0 Å². The van der Waals surface area contributed by atoms with Crippen LogP contribution in [-0.4, -0.2) is 68.3 Å². The molecule has 0 bridgehead atoms. The number of nitrogens with zero attached hydrogens (tertiary/aromatic N) is 4. The fourth-order valence-corrected chi connectivity index (χ4v) is 2.53. The number of hydrogen-bond acceptors (Lipinski definition) is 8. The fourth-order valence-electron chi connectivity index (χ4n) is 1.80. The molecule has 0 aliphatic rings. The Bertz CT molecular complexity index is 902. The summed E-state index contributed by atoms with van der Waals surface area (Å²) in [6.45, 7) is 0.0178. The van der Waals surface area contributed by atoms with E-state index in [1.165, 1.54) is 26.2 Å². The summed E-state index contributed by atoms with van der Waals surface area (Å²) < 4.78 is 42.4. The Balaban J connectivity index is 2.18. The summed E-state index contributed by atoms with van der Waals surface area (Å²) >= 11 is 0.